The summed E-state index contributed by atoms with van der Waals surface area (Å²) >= 11 is 0. The Bertz CT molecular complexity index is 279. The minimum atomic E-state index is -0.876. The molecule has 0 aromatic heterocycles. The fourth-order valence-corrected chi connectivity index (χ4v) is 2.35. The standard InChI is InChI=1S/C11H19NO4/c1-4-7-5-8(9(6-7)11(14)15)10(13)12(2)16-3/h7-9H,4-6H2,1-3H3,(H,14,15)/t7?,8-,9+/m0/s1. The Kier molecular flexibility index (Phi) is 4.29. The number of hydrogen-bond acceptors (Lipinski definition) is 3. The number of nitrogens with zero attached hydrogens (tertiary/aromatic N) is 1. The lowest BCUT2D eigenvalue weighted by atomic mass is 9.95. The first-order chi connectivity index (χ1) is 7.51. The molecule has 92 valence electrons. The highest BCUT2D eigenvalue weighted by Crippen LogP contribution is 2.39. The Labute approximate surface area is 95.3 Å². The average molecular weight is 229 g/mol. The normalized spacial score (nSPS) is 29.1. The summed E-state index contributed by atoms with van der Waals surface area (Å²) in [6, 6.07) is 0. The lowest BCUT2D eigenvalue weighted by Gasteiger charge is -2.20. The van der Waals surface area contributed by atoms with Crippen LogP contribution in [0.1, 0.15) is 26.2 Å². The third-order valence-electron chi connectivity index (χ3n) is 3.46. The van der Waals surface area contributed by atoms with Crippen LogP contribution < -0.4 is 0 Å². The number of hydroxylamine groups is 2. The van der Waals surface area contributed by atoms with Crippen molar-refractivity contribution in [2.45, 2.75) is 26.2 Å². The largest absolute Gasteiger partial charge is 0.481 e. The van der Waals surface area contributed by atoms with Crippen molar-refractivity contribution in [3.05, 3.63) is 0 Å². The van der Waals surface area contributed by atoms with Gasteiger partial charge < -0.3 is 5.11 Å². The second kappa shape index (κ2) is 5.30. The summed E-state index contributed by atoms with van der Waals surface area (Å²) < 4.78 is 0. The van der Waals surface area contributed by atoms with Crippen LogP contribution in [0.2, 0.25) is 0 Å². The number of hydrogen-bond donors (Lipinski definition) is 1. The van der Waals surface area contributed by atoms with Gasteiger partial charge in [0, 0.05) is 7.05 Å². The van der Waals surface area contributed by atoms with Crippen LogP contribution in [-0.4, -0.2) is 36.2 Å². The van der Waals surface area contributed by atoms with Crippen LogP contribution in [0.15, 0.2) is 0 Å². The van der Waals surface area contributed by atoms with Gasteiger partial charge in [-0.3, -0.25) is 14.4 Å². The smallest absolute Gasteiger partial charge is 0.307 e. The molecule has 0 radical (unpaired) electrons. The molecule has 1 aliphatic rings. The van der Waals surface area contributed by atoms with Crippen molar-refractivity contribution in [3.63, 3.8) is 0 Å². The molecule has 0 saturated heterocycles. The van der Waals surface area contributed by atoms with Gasteiger partial charge in [0.25, 0.3) is 0 Å². The van der Waals surface area contributed by atoms with Gasteiger partial charge in [0.1, 0.15) is 0 Å². The summed E-state index contributed by atoms with van der Waals surface area (Å²) in [6.45, 7) is 2.02. The van der Waals surface area contributed by atoms with Crippen LogP contribution >= 0.6 is 0 Å². The second-order valence-corrected chi connectivity index (χ2v) is 4.32. The molecule has 5 heteroatoms. The average Bonchev–Trinajstić information content (AvgIpc) is 2.71. The van der Waals surface area contributed by atoms with Gasteiger partial charge in [-0.2, -0.15) is 0 Å². The van der Waals surface area contributed by atoms with E-state index in [1.54, 1.807) is 0 Å². The van der Waals surface area contributed by atoms with Gasteiger partial charge >= 0.3 is 5.97 Å². The van der Waals surface area contributed by atoms with Gasteiger partial charge in [-0.15, -0.1) is 0 Å². The van der Waals surface area contributed by atoms with Gasteiger partial charge in [-0.25, -0.2) is 5.06 Å². The summed E-state index contributed by atoms with van der Waals surface area (Å²) in [7, 11) is 2.92. The number of rotatable bonds is 4. The van der Waals surface area contributed by atoms with E-state index in [2.05, 4.69) is 0 Å². The molecule has 1 amide bonds. The van der Waals surface area contributed by atoms with Gasteiger partial charge in [-0.1, -0.05) is 13.3 Å². The maximum atomic E-state index is 11.9. The lowest BCUT2D eigenvalue weighted by Crippen LogP contribution is -2.36. The van der Waals surface area contributed by atoms with Crippen molar-refractivity contribution in [3.8, 4) is 0 Å². The van der Waals surface area contributed by atoms with Gasteiger partial charge in [-0.05, 0) is 18.8 Å². The first-order valence-electron chi connectivity index (χ1n) is 5.55. The van der Waals surface area contributed by atoms with Gasteiger partial charge in [0.2, 0.25) is 5.91 Å². The minimum absolute atomic E-state index is 0.231. The molecule has 1 unspecified atom stereocenters. The maximum absolute atomic E-state index is 11.9. The Morgan fingerprint density at radius 3 is 2.38 bits per heavy atom. The molecule has 5 nitrogen and oxygen atoms in total. The zero-order chi connectivity index (χ0) is 12.3. The van der Waals surface area contributed by atoms with Gasteiger partial charge in [0.15, 0.2) is 0 Å². The van der Waals surface area contributed by atoms with E-state index in [1.807, 2.05) is 6.92 Å². The Hall–Kier alpha value is -1.10. The van der Waals surface area contributed by atoms with E-state index < -0.39 is 17.8 Å². The molecule has 0 heterocycles. The molecule has 3 atom stereocenters. The third kappa shape index (κ3) is 2.52. The molecule has 0 spiro atoms. The number of carboxylic acids is 1. The van der Waals surface area contributed by atoms with Crippen molar-refractivity contribution in [1.82, 2.24) is 5.06 Å². The van der Waals surface area contributed by atoms with Crippen LogP contribution in [0.4, 0.5) is 0 Å². The summed E-state index contributed by atoms with van der Waals surface area (Å²) in [5, 5.41) is 10.2. The van der Waals surface area contributed by atoms with Crippen LogP contribution in [-0.2, 0) is 14.4 Å². The monoisotopic (exact) mass is 229 g/mol. The van der Waals surface area contributed by atoms with Crippen LogP contribution in [0.5, 0.6) is 0 Å². The highest BCUT2D eigenvalue weighted by molar-refractivity contribution is 5.84. The molecular formula is C11H19NO4. The van der Waals surface area contributed by atoms with Crippen LogP contribution in [0.25, 0.3) is 0 Å². The quantitative estimate of drug-likeness (QED) is 0.734. The van der Waals surface area contributed by atoms with E-state index in [0.717, 1.165) is 11.5 Å². The number of carboxylic acid groups (broad SMARTS) is 1. The van der Waals surface area contributed by atoms with E-state index >= 15 is 0 Å². The van der Waals surface area contributed by atoms with Crippen molar-refractivity contribution >= 4 is 11.9 Å². The summed E-state index contributed by atoms with van der Waals surface area (Å²) in [4.78, 5) is 27.8. The maximum Gasteiger partial charge on any atom is 0.307 e. The molecule has 0 aromatic carbocycles. The highest BCUT2D eigenvalue weighted by atomic mass is 16.7. The Balaban J connectivity index is 2.76. The van der Waals surface area contributed by atoms with Crippen LogP contribution in [0.3, 0.4) is 0 Å². The predicted octanol–water partition coefficient (Wildman–Crippen LogP) is 1.14. The second-order valence-electron chi connectivity index (χ2n) is 4.32. The Morgan fingerprint density at radius 1 is 1.38 bits per heavy atom. The van der Waals surface area contributed by atoms with Crippen molar-refractivity contribution in [1.29, 1.82) is 0 Å². The summed E-state index contributed by atoms with van der Waals surface area (Å²) in [6.07, 6.45) is 2.17. The molecule has 0 bridgehead atoms. The van der Waals surface area contributed by atoms with E-state index in [4.69, 9.17) is 9.94 Å². The predicted molar refractivity (Wildman–Crippen MR) is 57.4 cm³/mol. The number of aliphatic carboxylic acids is 1. The molecule has 1 aliphatic carbocycles. The minimum Gasteiger partial charge on any atom is -0.481 e. The van der Waals surface area contributed by atoms with E-state index in [1.165, 1.54) is 14.2 Å². The molecule has 0 aliphatic heterocycles. The molecular weight excluding hydrogens is 210 g/mol. The zero-order valence-corrected chi connectivity index (χ0v) is 9.97. The van der Waals surface area contributed by atoms with Crippen molar-refractivity contribution in [2.24, 2.45) is 17.8 Å². The number of carbonyl (C=O) groups excluding carboxylic acids is 1. The number of carbonyl (C=O) groups is 2. The first kappa shape index (κ1) is 13.0. The molecule has 1 fully saturated rings. The van der Waals surface area contributed by atoms with E-state index in [0.29, 0.717) is 18.8 Å². The highest BCUT2D eigenvalue weighted by Gasteiger charge is 2.43. The van der Waals surface area contributed by atoms with Gasteiger partial charge in [0.05, 0.1) is 18.9 Å². The molecule has 1 saturated carbocycles. The molecule has 1 N–H and O–H groups in total. The Morgan fingerprint density at radius 2 is 1.94 bits per heavy atom. The third-order valence-corrected chi connectivity index (χ3v) is 3.46. The SMILES string of the molecule is CCC1C[C@H](C(=O)N(C)OC)[C@H](C(=O)O)C1. The van der Waals surface area contributed by atoms with Crippen molar-refractivity contribution in [2.75, 3.05) is 14.2 Å². The lowest BCUT2D eigenvalue weighted by molar-refractivity contribution is -0.176. The molecule has 16 heavy (non-hydrogen) atoms. The fraction of sp³-hybridized carbons (Fsp3) is 0.818. The topological polar surface area (TPSA) is 66.8 Å². The fourth-order valence-electron chi connectivity index (χ4n) is 2.35. The molecule has 0 aromatic rings. The summed E-state index contributed by atoms with van der Waals surface area (Å²) in [5.41, 5.74) is 0. The van der Waals surface area contributed by atoms with Crippen LogP contribution in [0, 0.1) is 17.8 Å². The van der Waals surface area contributed by atoms with E-state index in [-0.39, 0.29) is 5.91 Å². The first-order valence-corrected chi connectivity index (χ1v) is 5.55. The summed E-state index contributed by atoms with van der Waals surface area (Å²) in [5.74, 6) is -1.77. The van der Waals surface area contributed by atoms with E-state index in [9.17, 15) is 9.59 Å². The number of amides is 1. The zero-order valence-electron chi connectivity index (χ0n) is 9.97. The van der Waals surface area contributed by atoms with Crippen molar-refractivity contribution < 1.29 is 19.5 Å². The molecule has 1 rings (SSSR count).